The lowest BCUT2D eigenvalue weighted by Gasteiger charge is -2.25. The second-order valence-electron chi connectivity index (χ2n) is 13.3. The first-order chi connectivity index (χ1) is 23.8. The zero-order valence-corrected chi connectivity index (χ0v) is 29.0. The standard InChI is InChI=1S/C44H40N4O/c1-28-11-9-12-29(2)44(28)34-19-20-45-43(24-34)48-40-16-8-7-15-38(40)39-18-17-37(26-42(39)48)49-36-14-10-13-35(25-36)46-21-22-47(27-46)41-23-30(3)31(4)32(5)33(41)6/h7-26H,27H2,1-6H3. The minimum Gasteiger partial charge on any atom is -0.457 e. The second-order valence-corrected chi connectivity index (χ2v) is 13.3. The van der Waals surface area contributed by atoms with E-state index >= 15 is 0 Å². The third-order valence-electron chi connectivity index (χ3n) is 10.3. The SMILES string of the molecule is Cc1cc(N2C=CN(c3cccc(Oc4ccc5c6ccccc6n(-c6cc(-c7c(C)cccc7C)ccn6)c5c4)c3)C2)c(C)c(C)c1C. The highest BCUT2D eigenvalue weighted by Crippen LogP contribution is 2.37. The molecule has 0 aliphatic carbocycles. The van der Waals surface area contributed by atoms with Gasteiger partial charge in [0, 0.05) is 52.9 Å². The molecule has 0 N–H and O–H groups in total. The number of ether oxygens (including phenoxy) is 1. The summed E-state index contributed by atoms with van der Waals surface area (Å²) in [5, 5.41) is 2.35. The highest BCUT2D eigenvalue weighted by atomic mass is 16.5. The summed E-state index contributed by atoms with van der Waals surface area (Å²) in [6.45, 7) is 13.9. The first-order valence-corrected chi connectivity index (χ1v) is 16.9. The predicted molar refractivity (Wildman–Crippen MR) is 204 cm³/mol. The predicted octanol–water partition coefficient (Wildman–Crippen LogP) is 11.2. The molecule has 0 saturated heterocycles. The van der Waals surface area contributed by atoms with Crippen LogP contribution in [0, 0.1) is 41.5 Å². The zero-order chi connectivity index (χ0) is 33.8. The maximum Gasteiger partial charge on any atom is 0.138 e. The topological polar surface area (TPSA) is 33.5 Å². The molecule has 242 valence electrons. The van der Waals surface area contributed by atoms with Gasteiger partial charge in [0.25, 0.3) is 0 Å². The van der Waals surface area contributed by atoms with Gasteiger partial charge in [-0.3, -0.25) is 4.57 Å². The number of rotatable bonds is 6. The molecule has 0 radical (unpaired) electrons. The molecule has 3 heterocycles. The van der Waals surface area contributed by atoms with Gasteiger partial charge >= 0.3 is 0 Å². The molecular weight excluding hydrogens is 601 g/mol. The highest BCUT2D eigenvalue weighted by Gasteiger charge is 2.20. The van der Waals surface area contributed by atoms with Crippen molar-refractivity contribution in [3.63, 3.8) is 0 Å². The summed E-state index contributed by atoms with van der Waals surface area (Å²) < 4.78 is 8.83. The molecule has 5 heteroatoms. The van der Waals surface area contributed by atoms with Crippen LogP contribution in [0.3, 0.4) is 0 Å². The van der Waals surface area contributed by atoms with Crippen LogP contribution in [-0.4, -0.2) is 16.2 Å². The molecule has 7 aromatic rings. The van der Waals surface area contributed by atoms with E-state index in [4.69, 9.17) is 9.72 Å². The van der Waals surface area contributed by atoms with Crippen molar-refractivity contribution in [1.29, 1.82) is 0 Å². The van der Waals surface area contributed by atoms with Crippen LogP contribution in [0.5, 0.6) is 11.5 Å². The summed E-state index contributed by atoms with van der Waals surface area (Å²) in [5.41, 5.74) is 14.8. The zero-order valence-electron chi connectivity index (χ0n) is 29.0. The fraction of sp³-hybridized carbons (Fsp3) is 0.159. The first kappa shape index (κ1) is 30.5. The van der Waals surface area contributed by atoms with Crippen molar-refractivity contribution in [2.24, 2.45) is 0 Å². The van der Waals surface area contributed by atoms with E-state index in [1.54, 1.807) is 0 Å². The van der Waals surface area contributed by atoms with E-state index in [9.17, 15) is 0 Å². The molecule has 5 nitrogen and oxygen atoms in total. The Hall–Kier alpha value is -5.81. The fourth-order valence-electron chi connectivity index (χ4n) is 7.32. The lowest BCUT2D eigenvalue weighted by Crippen LogP contribution is -2.25. The number of nitrogens with zero attached hydrogens (tertiary/aromatic N) is 4. The van der Waals surface area contributed by atoms with Crippen molar-refractivity contribution in [2.45, 2.75) is 41.5 Å². The summed E-state index contributed by atoms with van der Waals surface area (Å²) in [7, 11) is 0. The van der Waals surface area contributed by atoms with E-state index in [1.165, 1.54) is 50.0 Å². The van der Waals surface area contributed by atoms with Crippen LogP contribution in [0.15, 0.2) is 122 Å². The fourth-order valence-corrected chi connectivity index (χ4v) is 7.32. The Labute approximate surface area is 288 Å². The maximum atomic E-state index is 6.58. The number of hydrogen-bond acceptors (Lipinski definition) is 4. The molecule has 0 atom stereocenters. The quantitative estimate of drug-likeness (QED) is 0.181. The number of pyridine rings is 1. The van der Waals surface area contributed by atoms with E-state index in [1.807, 2.05) is 12.3 Å². The monoisotopic (exact) mass is 640 g/mol. The molecule has 0 unspecified atom stereocenters. The maximum absolute atomic E-state index is 6.58. The molecule has 8 rings (SSSR count). The normalized spacial score (nSPS) is 12.9. The molecule has 0 saturated carbocycles. The largest absolute Gasteiger partial charge is 0.457 e. The van der Waals surface area contributed by atoms with Gasteiger partial charge < -0.3 is 14.5 Å². The van der Waals surface area contributed by atoms with Crippen LogP contribution in [0.25, 0.3) is 38.8 Å². The van der Waals surface area contributed by atoms with Crippen molar-refractivity contribution in [1.82, 2.24) is 9.55 Å². The van der Waals surface area contributed by atoms with Gasteiger partial charge in [-0.1, -0.05) is 42.5 Å². The van der Waals surface area contributed by atoms with Gasteiger partial charge in [-0.15, -0.1) is 0 Å². The van der Waals surface area contributed by atoms with Crippen molar-refractivity contribution >= 4 is 33.2 Å². The smallest absolute Gasteiger partial charge is 0.138 e. The molecule has 49 heavy (non-hydrogen) atoms. The molecule has 1 aliphatic rings. The number of hydrogen-bond donors (Lipinski definition) is 0. The van der Waals surface area contributed by atoms with Gasteiger partial charge in [-0.25, -0.2) is 4.98 Å². The molecule has 0 fully saturated rings. The molecule has 0 amide bonds. The third-order valence-corrected chi connectivity index (χ3v) is 10.3. The Kier molecular flexibility index (Phi) is 7.48. The Bertz CT molecular complexity index is 2420. The van der Waals surface area contributed by atoms with Gasteiger partial charge in [0.1, 0.15) is 17.3 Å². The number of para-hydroxylation sites is 1. The molecule has 1 aliphatic heterocycles. The van der Waals surface area contributed by atoms with E-state index in [-0.39, 0.29) is 0 Å². The van der Waals surface area contributed by atoms with Gasteiger partial charge in [0.05, 0.1) is 17.7 Å². The average Bonchev–Trinajstić information content (AvgIpc) is 3.72. The molecule has 0 spiro atoms. The van der Waals surface area contributed by atoms with Crippen molar-refractivity contribution < 1.29 is 4.74 Å². The Morgan fingerprint density at radius 1 is 0.571 bits per heavy atom. The van der Waals surface area contributed by atoms with Crippen molar-refractivity contribution in [3.8, 4) is 28.4 Å². The number of aryl methyl sites for hydroxylation is 3. The lowest BCUT2D eigenvalue weighted by atomic mass is 9.96. The summed E-state index contributed by atoms with van der Waals surface area (Å²) in [4.78, 5) is 9.46. The Morgan fingerprint density at radius 2 is 1.31 bits per heavy atom. The van der Waals surface area contributed by atoms with E-state index in [0.29, 0.717) is 0 Å². The minimum atomic E-state index is 0.742. The van der Waals surface area contributed by atoms with Crippen LogP contribution in [0.2, 0.25) is 0 Å². The lowest BCUT2D eigenvalue weighted by molar-refractivity contribution is 0.483. The van der Waals surface area contributed by atoms with Crippen LogP contribution in [0.1, 0.15) is 33.4 Å². The first-order valence-electron chi connectivity index (χ1n) is 16.9. The van der Waals surface area contributed by atoms with Crippen LogP contribution < -0.4 is 14.5 Å². The van der Waals surface area contributed by atoms with Crippen LogP contribution in [0.4, 0.5) is 11.4 Å². The third kappa shape index (κ3) is 5.32. The average molecular weight is 641 g/mol. The van der Waals surface area contributed by atoms with Crippen LogP contribution in [-0.2, 0) is 0 Å². The Balaban J connectivity index is 1.12. The van der Waals surface area contributed by atoms with Gasteiger partial charge in [-0.05, 0) is 135 Å². The van der Waals surface area contributed by atoms with Crippen LogP contribution >= 0.6 is 0 Å². The Morgan fingerprint density at radius 3 is 2.14 bits per heavy atom. The number of anilines is 2. The number of benzene rings is 5. The van der Waals surface area contributed by atoms with Gasteiger partial charge in [-0.2, -0.15) is 0 Å². The van der Waals surface area contributed by atoms with E-state index in [2.05, 4.69) is 165 Å². The summed E-state index contributed by atoms with van der Waals surface area (Å²) in [6.07, 6.45) is 6.23. The minimum absolute atomic E-state index is 0.742. The molecular formula is C44H40N4O. The van der Waals surface area contributed by atoms with Gasteiger partial charge in [0.15, 0.2) is 0 Å². The molecule has 0 bridgehead atoms. The number of aromatic nitrogens is 2. The van der Waals surface area contributed by atoms with E-state index in [0.717, 1.165) is 51.7 Å². The summed E-state index contributed by atoms with van der Waals surface area (Å²) >= 11 is 0. The van der Waals surface area contributed by atoms with Gasteiger partial charge in [0.2, 0.25) is 0 Å². The summed E-state index contributed by atoms with van der Waals surface area (Å²) in [5.74, 6) is 2.45. The molecule has 2 aromatic heterocycles. The summed E-state index contributed by atoms with van der Waals surface area (Å²) in [6, 6.07) is 36.3. The highest BCUT2D eigenvalue weighted by molar-refractivity contribution is 6.09. The molecule has 5 aromatic carbocycles. The van der Waals surface area contributed by atoms with Crippen molar-refractivity contribution in [2.75, 3.05) is 16.5 Å². The van der Waals surface area contributed by atoms with Crippen molar-refractivity contribution in [3.05, 3.63) is 155 Å². The second kappa shape index (κ2) is 12.0. The number of fused-ring (bicyclic) bond motifs is 3. The van der Waals surface area contributed by atoms with E-state index < -0.39 is 0 Å².